The number of carboxylic acid groups (broad SMARTS) is 1. The fourth-order valence-corrected chi connectivity index (χ4v) is 4.00. The van der Waals surface area contributed by atoms with Crippen molar-refractivity contribution in [3.63, 3.8) is 0 Å². The smallest absolute Gasteiger partial charge is 0.336 e. The van der Waals surface area contributed by atoms with Crippen molar-refractivity contribution in [1.29, 1.82) is 0 Å². The summed E-state index contributed by atoms with van der Waals surface area (Å²) in [7, 11) is 0. The summed E-state index contributed by atoms with van der Waals surface area (Å²) in [5.41, 5.74) is 3.01. The van der Waals surface area contributed by atoms with Crippen molar-refractivity contribution in [2.75, 3.05) is 10.6 Å². The minimum atomic E-state index is -0.909. The van der Waals surface area contributed by atoms with Crippen LogP contribution >= 0.6 is 0 Å². The van der Waals surface area contributed by atoms with Gasteiger partial charge in [0.2, 0.25) is 0 Å². The van der Waals surface area contributed by atoms with Crippen molar-refractivity contribution in [1.82, 2.24) is 0 Å². The number of hydrogen-bond acceptors (Lipinski definition) is 3. The lowest BCUT2D eigenvalue weighted by molar-refractivity contribution is 0.0695. The van der Waals surface area contributed by atoms with Gasteiger partial charge in [-0.05, 0) is 36.6 Å². The van der Waals surface area contributed by atoms with Gasteiger partial charge in [0.1, 0.15) is 5.84 Å². The second-order valence-corrected chi connectivity index (χ2v) is 7.07. The number of rotatable bonds is 3. The number of aromatic carboxylic acids is 1. The molecule has 1 fully saturated rings. The molecule has 0 bridgehead atoms. The Morgan fingerprint density at radius 1 is 1.00 bits per heavy atom. The lowest BCUT2D eigenvalue weighted by Gasteiger charge is -2.44. The highest BCUT2D eigenvalue weighted by Crippen LogP contribution is 2.39. The van der Waals surface area contributed by atoms with Crippen LogP contribution in [0.2, 0.25) is 0 Å². The minimum Gasteiger partial charge on any atom is -0.478 e. The number of carbonyl (C=O) groups is 1. The van der Waals surface area contributed by atoms with E-state index in [9.17, 15) is 9.90 Å². The van der Waals surface area contributed by atoms with Crippen molar-refractivity contribution < 1.29 is 9.90 Å². The fourth-order valence-electron chi connectivity index (χ4n) is 4.00. The van der Waals surface area contributed by atoms with E-state index in [2.05, 4.69) is 16.7 Å². The Balaban J connectivity index is 1.69. The van der Waals surface area contributed by atoms with E-state index in [1.807, 2.05) is 30.3 Å². The molecule has 1 saturated carbocycles. The molecular formula is C21H23N3O2. The molecule has 0 unspecified atom stereocenters. The number of anilines is 2. The Morgan fingerprint density at radius 3 is 2.46 bits per heavy atom. The molecule has 1 aliphatic carbocycles. The van der Waals surface area contributed by atoms with Gasteiger partial charge < -0.3 is 15.7 Å². The summed E-state index contributed by atoms with van der Waals surface area (Å²) in [6, 6.07) is 15.3. The molecule has 3 N–H and O–H groups in total. The Kier molecular flexibility index (Phi) is 4.37. The third-order valence-corrected chi connectivity index (χ3v) is 5.37. The summed E-state index contributed by atoms with van der Waals surface area (Å²) < 4.78 is 0. The zero-order valence-electron chi connectivity index (χ0n) is 14.7. The topological polar surface area (TPSA) is 73.7 Å². The van der Waals surface area contributed by atoms with Crippen LogP contribution in [0, 0.1) is 0 Å². The molecule has 4 rings (SSSR count). The molecule has 5 nitrogen and oxygen atoms in total. The second kappa shape index (κ2) is 6.83. The van der Waals surface area contributed by atoms with Crippen LogP contribution in [0.25, 0.3) is 0 Å². The fraction of sp³-hybridized carbons (Fsp3) is 0.333. The van der Waals surface area contributed by atoms with Gasteiger partial charge in [-0.1, -0.05) is 49.6 Å². The summed E-state index contributed by atoms with van der Waals surface area (Å²) >= 11 is 0. The summed E-state index contributed by atoms with van der Waals surface area (Å²) in [5, 5.41) is 16.6. The van der Waals surface area contributed by atoms with Gasteiger partial charge in [-0.2, -0.15) is 0 Å². The lowest BCUT2D eigenvalue weighted by Crippen LogP contribution is -2.53. The maximum atomic E-state index is 11.5. The van der Waals surface area contributed by atoms with E-state index in [1.54, 1.807) is 12.1 Å². The number of aliphatic imine (C=N–C) groups is 1. The molecular weight excluding hydrogens is 326 g/mol. The summed E-state index contributed by atoms with van der Waals surface area (Å²) in [5.74, 6) is 0.0179. The van der Waals surface area contributed by atoms with Crippen LogP contribution in [0.1, 0.15) is 48.0 Å². The lowest BCUT2D eigenvalue weighted by atomic mass is 9.79. The molecule has 1 aliphatic heterocycles. The molecule has 0 radical (unpaired) electrons. The van der Waals surface area contributed by atoms with E-state index in [4.69, 9.17) is 4.99 Å². The number of benzene rings is 2. The van der Waals surface area contributed by atoms with Crippen molar-refractivity contribution in [3.8, 4) is 0 Å². The summed E-state index contributed by atoms with van der Waals surface area (Å²) in [4.78, 5) is 16.3. The maximum Gasteiger partial charge on any atom is 0.336 e. The predicted octanol–water partition coefficient (Wildman–Crippen LogP) is 4.52. The van der Waals surface area contributed by atoms with Gasteiger partial charge in [-0.3, -0.25) is 4.99 Å². The van der Waals surface area contributed by atoms with E-state index in [0.717, 1.165) is 35.6 Å². The zero-order valence-corrected chi connectivity index (χ0v) is 14.7. The van der Waals surface area contributed by atoms with Crippen LogP contribution in [0.4, 0.5) is 11.4 Å². The van der Waals surface area contributed by atoms with E-state index >= 15 is 0 Å². The minimum absolute atomic E-state index is 0.176. The first-order chi connectivity index (χ1) is 12.7. The summed E-state index contributed by atoms with van der Waals surface area (Å²) in [6.07, 6.45) is 5.66. The monoisotopic (exact) mass is 349 g/mol. The van der Waals surface area contributed by atoms with Crippen LogP contribution in [-0.2, 0) is 6.54 Å². The second-order valence-electron chi connectivity index (χ2n) is 7.07. The highest BCUT2D eigenvalue weighted by Gasteiger charge is 2.40. The molecule has 2 aliphatic rings. The van der Waals surface area contributed by atoms with Gasteiger partial charge in [-0.25, -0.2) is 4.79 Å². The Hall–Kier alpha value is -2.82. The van der Waals surface area contributed by atoms with Gasteiger partial charge in [0.05, 0.1) is 29.0 Å². The van der Waals surface area contributed by atoms with Crippen LogP contribution in [0.5, 0.6) is 0 Å². The highest BCUT2D eigenvalue weighted by atomic mass is 16.4. The van der Waals surface area contributed by atoms with E-state index in [-0.39, 0.29) is 5.54 Å². The maximum absolute atomic E-state index is 11.5. The van der Waals surface area contributed by atoms with Gasteiger partial charge in [-0.15, -0.1) is 0 Å². The first-order valence-corrected chi connectivity index (χ1v) is 9.18. The average Bonchev–Trinajstić information content (AvgIpc) is 2.67. The molecule has 0 atom stereocenters. The van der Waals surface area contributed by atoms with Crippen molar-refractivity contribution in [3.05, 3.63) is 59.7 Å². The molecule has 26 heavy (non-hydrogen) atoms. The number of carboxylic acids is 1. The third-order valence-electron chi connectivity index (χ3n) is 5.37. The Labute approximate surface area is 153 Å². The molecule has 2 aromatic carbocycles. The Morgan fingerprint density at radius 2 is 1.69 bits per heavy atom. The molecule has 0 amide bonds. The normalized spacial score (nSPS) is 19.5. The summed E-state index contributed by atoms with van der Waals surface area (Å²) in [6.45, 7) is 0.358. The number of nitrogens with zero attached hydrogens (tertiary/aromatic N) is 1. The van der Waals surface area contributed by atoms with Gasteiger partial charge in [0.25, 0.3) is 0 Å². The standard InChI is InChI=1S/C21H23N3O2/c25-19(26)16-9-3-2-8-15(16)14-22-20-21(12-6-1-7-13-21)24-18-11-5-4-10-17(18)23-20/h2-5,8-11,24H,1,6-7,12-14H2,(H,22,23)(H,25,26). The van der Waals surface area contributed by atoms with Crippen molar-refractivity contribution >= 4 is 23.2 Å². The quantitative estimate of drug-likeness (QED) is 0.761. The number of hydrogen-bond donors (Lipinski definition) is 3. The highest BCUT2D eigenvalue weighted by molar-refractivity contribution is 6.09. The molecule has 2 aromatic rings. The zero-order chi connectivity index (χ0) is 18.0. The van der Waals surface area contributed by atoms with Crippen LogP contribution in [0.3, 0.4) is 0 Å². The third kappa shape index (κ3) is 3.05. The first kappa shape index (κ1) is 16.6. The predicted molar refractivity (Wildman–Crippen MR) is 104 cm³/mol. The number of nitrogens with one attached hydrogen (secondary N) is 2. The van der Waals surface area contributed by atoms with Crippen LogP contribution in [0.15, 0.2) is 53.5 Å². The van der Waals surface area contributed by atoms with Gasteiger partial charge >= 0.3 is 5.97 Å². The van der Waals surface area contributed by atoms with Crippen molar-refractivity contribution in [2.24, 2.45) is 4.99 Å². The van der Waals surface area contributed by atoms with E-state index in [1.165, 1.54) is 19.3 Å². The first-order valence-electron chi connectivity index (χ1n) is 9.18. The van der Waals surface area contributed by atoms with Crippen LogP contribution in [-0.4, -0.2) is 22.5 Å². The SMILES string of the molecule is O=C(O)c1ccccc1CN=C1Nc2ccccc2NC12CCCCC2. The molecule has 0 aromatic heterocycles. The average molecular weight is 349 g/mol. The molecule has 5 heteroatoms. The van der Waals surface area contributed by atoms with Gasteiger partial charge in [0.15, 0.2) is 0 Å². The Bertz CT molecular complexity index is 854. The van der Waals surface area contributed by atoms with Crippen LogP contribution < -0.4 is 10.6 Å². The number of amidine groups is 1. The molecule has 134 valence electrons. The van der Waals surface area contributed by atoms with E-state index < -0.39 is 5.97 Å². The van der Waals surface area contributed by atoms with Gasteiger partial charge in [0, 0.05) is 0 Å². The molecule has 0 saturated heterocycles. The largest absolute Gasteiger partial charge is 0.478 e. The number of fused-ring (bicyclic) bond motifs is 1. The number of para-hydroxylation sites is 2. The molecule has 1 spiro atoms. The van der Waals surface area contributed by atoms with Crippen molar-refractivity contribution in [2.45, 2.75) is 44.2 Å². The molecule has 1 heterocycles. The van der Waals surface area contributed by atoms with E-state index in [0.29, 0.717) is 12.1 Å².